The maximum absolute atomic E-state index is 13.5. The first kappa shape index (κ1) is 21.5. The third-order valence-electron chi connectivity index (χ3n) is 5.35. The number of H-pyrrole nitrogens is 1. The van der Waals surface area contributed by atoms with Gasteiger partial charge in [-0.15, -0.1) is 0 Å². The van der Waals surface area contributed by atoms with Gasteiger partial charge in [-0.3, -0.25) is 9.59 Å². The van der Waals surface area contributed by atoms with Gasteiger partial charge in [0, 0.05) is 18.7 Å². The van der Waals surface area contributed by atoms with Gasteiger partial charge in [-0.05, 0) is 66.4 Å². The van der Waals surface area contributed by atoms with Gasteiger partial charge in [0.05, 0.1) is 18.4 Å². The lowest BCUT2D eigenvalue weighted by Gasteiger charge is -2.10. The number of carbonyl (C=O) groups is 2. The standard InChI is InChI=1S/C23H22F2N4O3/c1-32-23-16(7-8-19(25)29-23)18-12-14(21(28-18)13-2-5-15(24)6-3-13)4-9-20(30)27-17-10-11-26-22(17)31/h2-3,5-8,12,17,28H,4,9-11H2,1H3,(H,26,31)(H,27,30). The first-order valence-electron chi connectivity index (χ1n) is 10.2. The molecule has 1 aliphatic rings. The van der Waals surface area contributed by atoms with Gasteiger partial charge in [-0.2, -0.15) is 9.37 Å². The first-order valence-corrected chi connectivity index (χ1v) is 10.2. The van der Waals surface area contributed by atoms with E-state index in [1.165, 1.54) is 25.3 Å². The second-order valence-electron chi connectivity index (χ2n) is 7.48. The Morgan fingerprint density at radius 2 is 2.00 bits per heavy atom. The van der Waals surface area contributed by atoms with Crippen LogP contribution in [0.25, 0.3) is 22.5 Å². The van der Waals surface area contributed by atoms with Crippen LogP contribution in [-0.2, 0) is 16.0 Å². The molecule has 1 saturated heterocycles. The quantitative estimate of drug-likeness (QED) is 0.492. The Morgan fingerprint density at radius 3 is 2.69 bits per heavy atom. The molecular weight excluding hydrogens is 418 g/mol. The number of rotatable bonds is 7. The van der Waals surface area contributed by atoms with Crippen LogP contribution in [-0.4, -0.2) is 41.5 Å². The molecule has 0 aliphatic carbocycles. The molecular formula is C23H22F2N4O3. The van der Waals surface area contributed by atoms with Crippen molar-refractivity contribution in [2.45, 2.75) is 25.3 Å². The van der Waals surface area contributed by atoms with Crippen molar-refractivity contribution in [2.24, 2.45) is 0 Å². The lowest BCUT2D eigenvalue weighted by molar-refractivity contribution is -0.127. The van der Waals surface area contributed by atoms with Crippen molar-refractivity contribution in [3.63, 3.8) is 0 Å². The fourth-order valence-corrected chi connectivity index (χ4v) is 3.74. The topological polar surface area (TPSA) is 96.1 Å². The molecule has 1 aromatic carbocycles. The first-order chi connectivity index (χ1) is 15.4. The highest BCUT2D eigenvalue weighted by Crippen LogP contribution is 2.33. The van der Waals surface area contributed by atoms with Crippen molar-refractivity contribution >= 4 is 11.8 Å². The van der Waals surface area contributed by atoms with Gasteiger partial charge < -0.3 is 20.4 Å². The number of halogens is 2. The van der Waals surface area contributed by atoms with E-state index in [0.29, 0.717) is 36.3 Å². The van der Waals surface area contributed by atoms with Gasteiger partial charge in [0.1, 0.15) is 11.9 Å². The van der Waals surface area contributed by atoms with Crippen molar-refractivity contribution in [2.75, 3.05) is 13.7 Å². The average molecular weight is 440 g/mol. The predicted octanol–water partition coefficient (Wildman–Crippen LogP) is 2.97. The van der Waals surface area contributed by atoms with Crippen LogP contribution >= 0.6 is 0 Å². The number of carbonyl (C=O) groups excluding carboxylic acids is 2. The number of benzene rings is 1. The van der Waals surface area contributed by atoms with Crippen LogP contribution in [0.2, 0.25) is 0 Å². The largest absolute Gasteiger partial charge is 0.480 e. The number of nitrogens with one attached hydrogen (secondary N) is 3. The lowest BCUT2D eigenvalue weighted by atomic mass is 10.0. The number of pyridine rings is 1. The number of hydrogen-bond acceptors (Lipinski definition) is 4. The van der Waals surface area contributed by atoms with E-state index in [4.69, 9.17) is 4.74 Å². The lowest BCUT2D eigenvalue weighted by Crippen LogP contribution is -2.40. The van der Waals surface area contributed by atoms with E-state index in [-0.39, 0.29) is 29.9 Å². The van der Waals surface area contributed by atoms with E-state index in [9.17, 15) is 18.4 Å². The molecule has 0 bridgehead atoms. The second kappa shape index (κ2) is 9.17. The Morgan fingerprint density at radius 1 is 1.22 bits per heavy atom. The van der Waals surface area contributed by atoms with Crippen LogP contribution in [0.1, 0.15) is 18.4 Å². The summed E-state index contributed by atoms with van der Waals surface area (Å²) in [6, 6.07) is 10.1. The van der Waals surface area contributed by atoms with Crippen LogP contribution in [0.15, 0.2) is 42.5 Å². The molecule has 9 heteroatoms. The fourth-order valence-electron chi connectivity index (χ4n) is 3.74. The maximum atomic E-state index is 13.5. The van der Waals surface area contributed by atoms with Gasteiger partial charge >= 0.3 is 0 Å². The molecule has 0 saturated carbocycles. The number of aromatic amines is 1. The van der Waals surface area contributed by atoms with E-state index in [2.05, 4.69) is 20.6 Å². The van der Waals surface area contributed by atoms with Crippen LogP contribution in [0.5, 0.6) is 5.88 Å². The summed E-state index contributed by atoms with van der Waals surface area (Å²) in [6.45, 7) is 0.549. The van der Waals surface area contributed by atoms with E-state index in [1.54, 1.807) is 18.2 Å². The monoisotopic (exact) mass is 440 g/mol. The van der Waals surface area contributed by atoms with Crippen molar-refractivity contribution in [3.05, 3.63) is 59.8 Å². The number of aryl methyl sites for hydroxylation is 1. The Kier molecular flexibility index (Phi) is 6.16. The Hall–Kier alpha value is -3.75. The summed E-state index contributed by atoms with van der Waals surface area (Å²) in [5, 5.41) is 5.43. The number of nitrogens with zero attached hydrogens (tertiary/aromatic N) is 1. The highest BCUT2D eigenvalue weighted by molar-refractivity contribution is 5.89. The molecule has 32 heavy (non-hydrogen) atoms. The van der Waals surface area contributed by atoms with Gasteiger partial charge in [-0.1, -0.05) is 0 Å². The highest BCUT2D eigenvalue weighted by Gasteiger charge is 2.25. The Bertz CT molecular complexity index is 1140. The molecule has 0 spiro atoms. The molecule has 7 nitrogen and oxygen atoms in total. The van der Waals surface area contributed by atoms with Gasteiger partial charge in [-0.25, -0.2) is 4.39 Å². The second-order valence-corrected chi connectivity index (χ2v) is 7.48. The molecule has 1 aliphatic heterocycles. The zero-order chi connectivity index (χ0) is 22.7. The van der Waals surface area contributed by atoms with Gasteiger partial charge in [0.25, 0.3) is 0 Å². The third-order valence-corrected chi connectivity index (χ3v) is 5.35. The van der Waals surface area contributed by atoms with Gasteiger partial charge in [0.2, 0.25) is 23.6 Å². The molecule has 3 N–H and O–H groups in total. The van der Waals surface area contributed by atoms with E-state index in [1.807, 2.05) is 6.07 Å². The maximum Gasteiger partial charge on any atom is 0.242 e. The van der Waals surface area contributed by atoms with Gasteiger partial charge in [0.15, 0.2) is 0 Å². The summed E-state index contributed by atoms with van der Waals surface area (Å²) in [5.74, 6) is -1.32. The zero-order valence-electron chi connectivity index (χ0n) is 17.4. The summed E-state index contributed by atoms with van der Waals surface area (Å²) in [6.07, 6.45) is 1.10. The minimum absolute atomic E-state index is 0.119. The van der Waals surface area contributed by atoms with Crippen LogP contribution in [0, 0.1) is 11.8 Å². The Balaban J connectivity index is 1.62. The minimum atomic E-state index is -0.663. The Labute approximate surface area is 183 Å². The van der Waals surface area contributed by atoms with Crippen molar-refractivity contribution in [3.8, 4) is 28.4 Å². The van der Waals surface area contributed by atoms with E-state index < -0.39 is 12.0 Å². The smallest absolute Gasteiger partial charge is 0.242 e. The zero-order valence-corrected chi connectivity index (χ0v) is 17.4. The van der Waals surface area contributed by atoms with Crippen LogP contribution in [0.3, 0.4) is 0 Å². The average Bonchev–Trinajstić information content (AvgIpc) is 3.39. The number of amides is 2. The molecule has 166 valence electrons. The molecule has 3 aromatic rings. The third kappa shape index (κ3) is 4.61. The fraction of sp³-hybridized carbons (Fsp3) is 0.261. The van der Waals surface area contributed by atoms with Crippen molar-refractivity contribution < 1.29 is 23.1 Å². The van der Waals surface area contributed by atoms with E-state index in [0.717, 1.165) is 11.1 Å². The van der Waals surface area contributed by atoms with Crippen molar-refractivity contribution in [1.82, 2.24) is 20.6 Å². The normalized spacial score (nSPS) is 15.5. The molecule has 1 unspecified atom stereocenters. The van der Waals surface area contributed by atoms with Crippen molar-refractivity contribution in [1.29, 1.82) is 0 Å². The SMILES string of the molecule is COc1nc(F)ccc1-c1cc(CCC(=O)NC2CCNC2=O)c(-c2ccc(F)cc2)[nH]1. The predicted molar refractivity (Wildman–Crippen MR) is 114 cm³/mol. The number of aromatic nitrogens is 2. The van der Waals surface area contributed by atoms with Crippen LogP contribution < -0.4 is 15.4 Å². The summed E-state index contributed by atoms with van der Waals surface area (Å²) in [5.41, 5.74) is 3.42. The summed E-state index contributed by atoms with van der Waals surface area (Å²) in [7, 11) is 1.40. The number of ether oxygens (including phenoxy) is 1. The molecule has 0 radical (unpaired) electrons. The molecule has 2 aromatic heterocycles. The summed E-state index contributed by atoms with van der Waals surface area (Å²) < 4.78 is 32.2. The minimum Gasteiger partial charge on any atom is -0.480 e. The molecule has 1 atom stereocenters. The summed E-state index contributed by atoms with van der Waals surface area (Å²) in [4.78, 5) is 31.1. The molecule has 2 amide bonds. The molecule has 1 fully saturated rings. The highest BCUT2D eigenvalue weighted by atomic mass is 19.1. The summed E-state index contributed by atoms with van der Waals surface area (Å²) >= 11 is 0. The van der Waals surface area contributed by atoms with Crippen LogP contribution in [0.4, 0.5) is 8.78 Å². The molecule has 3 heterocycles. The number of hydrogen-bond donors (Lipinski definition) is 3. The van der Waals surface area contributed by atoms with E-state index >= 15 is 0 Å². The molecule has 4 rings (SSSR count). The number of methoxy groups -OCH3 is 1.